The third kappa shape index (κ3) is 4.58. The van der Waals surface area contributed by atoms with E-state index >= 15 is 0 Å². The highest BCUT2D eigenvalue weighted by atomic mass is 16.7. The van der Waals surface area contributed by atoms with E-state index in [4.69, 9.17) is 20.9 Å². The van der Waals surface area contributed by atoms with Crippen LogP contribution >= 0.6 is 0 Å². The van der Waals surface area contributed by atoms with Gasteiger partial charge in [0.25, 0.3) is 5.60 Å². The zero-order chi connectivity index (χ0) is 27.8. The number of fused-ring (bicyclic) bond motifs is 2. The minimum absolute atomic E-state index is 0.0417. The van der Waals surface area contributed by atoms with E-state index in [0.29, 0.717) is 12.2 Å². The van der Waals surface area contributed by atoms with Crippen LogP contribution in [0.5, 0.6) is 0 Å². The maximum absolute atomic E-state index is 13.8. The lowest BCUT2D eigenvalue weighted by atomic mass is 9.72. The number of pyridine rings is 1. The summed E-state index contributed by atoms with van der Waals surface area (Å²) < 4.78 is 11.7. The van der Waals surface area contributed by atoms with Gasteiger partial charge in [0.2, 0.25) is 5.78 Å². The molecule has 1 saturated heterocycles. The van der Waals surface area contributed by atoms with Gasteiger partial charge in [-0.25, -0.2) is 9.78 Å². The van der Waals surface area contributed by atoms with Gasteiger partial charge < -0.3 is 26.3 Å². The Hall–Kier alpha value is -4.05. The Morgan fingerprint density at radius 2 is 1.92 bits per heavy atom. The number of aromatic nitrogens is 1. The first kappa shape index (κ1) is 26.6. The van der Waals surface area contributed by atoms with E-state index in [1.54, 1.807) is 43.6 Å². The Balaban J connectivity index is 1.44. The summed E-state index contributed by atoms with van der Waals surface area (Å²) in [5.74, 6) is -1.05. The van der Waals surface area contributed by atoms with E-state index in [0.717, 1.165) is 36.8 Å². The van der Waals surface area contributed by atoms with Crippen molar-refractivity contribution < 1.29 is 23.9 Å². The van der Waals surface area contributed by atoms with Crippen molar-refractivity contribution in [3.63, 3.8) is 0 Å². The number of carbonyl (C=O) groups excluding carboxylic acids is 3. The molecular weight excluding hydrogens is 498 g/mol. The first-order valence-corrected chi connectivity index (χ1v) is 13.2. The van der Waals surface area contributed by atoms with Crippen LogP contribution in [0.1, 0.15) is 77.8 Å². The Bertz CT molecular complexity index is 1380. The lowest BCUT2D eigenvalue weighted by Crippen LogP contribution is -2.51. The van der Waals surface area contributed by atoms with Gasteiger partial charge in [-0.2, -0.15) is 0 Å². The van der Waals surface area contributed by atoms with E-state index in [1.165, 1.54) is 0 Å². The lowest BCUT2D eigenvalue weighted by molar-refractivity contribution is -0.153. The molecule has 1 aromatic carbocycles. The van der Waals surface area contributed by atoms with Crippen molar-refractivity contribution in [2.75, 3.05) is 12.8 Å². The van der Waals surface area contributed by atoms with Crippen LogP contribution in [0.4, 0.5) is 5.82 Å². The van der Waals surface area contributed by atoms with Gasteiger partial charge in [0, 0.05) is 30.8 Å². The second-order valence-electron chi connectivity index (χ2n) is 10.4. The molecule has 10 heteroatoms. The first-order valence-electron chi connectivity index (χ1n) is 13.2. The molecule has 1 saturated carbocycles. The van der Waals surface area contributed by atoms with E-state index < -0.39 is 23.0 Å². The number of nitrogens with two attached hydrogens (primary N) is 2. The number of epoxide rings is 1. The molecule has 0 spiro atoms. The molecule has 2 fully saturated rings. The summed E-state index contributed by atoms with van der Waals surface area (Å²) in [5, 5.41) is 3.17. The third-order valence-corrected chi connectivity index (χ3v) is 7.86. The predicted molar refractivity (Wildman–Crippen MR) is 145 cm³/mol. The van der Waals surface area contributed by atoms with E-state index in [2.05, 4.69) is 15.3 Å². The molecular formula is C29H33N5O5. The molecule has 2 heterocycles. The number of nitrogen functional groups attached to an aromatic ring is 1. The lowest BCUT2D eigenvalue weighted by Gasteiger charge is -2.25. The SMILES string of the molecule is CN=C(N)NC(CC(C)=CCC12OC1(C(=O)OC1CCCC1)C(=O)c1ccccc1C2=O)c1ccnc(N)c1. The molecule has 3 atom stereocenters. The number of Topliss-reactive ketones (excluding diaryl/α,β-unsaturated/α-hetero) is 2. The number of anilines is 1. The van der Waals surface area contributed by atoms with E-state index in [-0.39, 0.29) is 41.4 Å². The molecule has 3 aliphatic rings. The van der Waals surface area contributed by atoms with Crippen LogP contribution in [0, 0.1) is 0 Å². The normalized spacial score (nSPS) is 25.6. The van der Waals surface area contributed by atoms with Crippen molar-refractivity contribution in [1.29, 1.82) is 0 Å². The van der Waals surface area contributed by atoms with Crippen LogP contribution in [0.3, 0.4) is 0 Å². The van der Waals surface area contributed by atoms with Crippen molar-refractivity contribution in [3.8, 4) is 0 Å². The third-order valence-electron chi connectivity index (χ3n) is 7.86. The number of guanidine groups is 1. The van der Waals surface area contributed by atoms with Crippen molar-refractivity contribution in [3.05, 3.63) is 70.9 Å². The molecule has 5 N–H and O–H groups in total. The van der Waals surface area contributed by atoms with Crippen molar-refractivity contribution in [1.82, 2.24) is 10.3 Å². The summed E-state index contributed by atoms with van der Waals surface area (Å²) in [4.78, 5) is 49.0. The molecule has 10 nitrogen and oxygen atoms in total. The largest absolute Gasteiger partial charge is 0.460 e. The first-order chi connectivity index (χ1) is 18.7. The number of ether oxygens (including phenoxy) is 2. The zero-order valence-corrected chi connectivity index (χ0v) is 22.1. The average molecular weight is 532 g/mol. The van der Waals surface area contributed by atoms with Gasteiger partial charge in [0.1, 0.15) is 11.9 Å². The smallest absolute Gasteiger partial charge is 0.350 e. The molecule has 0 bridgehead atoms. The molecule has 1 aromatic heterocycles. The second-order valence-corrected chi connectivity index (χ2v) is 10.4. The zero-order valence-electron chi connectivity index (χ0n) is 22.1. The minimum Gasteiger partial charge on any atom is -0.460 e. The highest BCUT2D eigenvalue weighted by Crippen LogP contribution is 2.58. The van der Waals surface area contributed by atoms with Gasteiger partial charge in [0.15, 0.2) is 17.3 Å². The van der Waals surface area contributed by atoms with Crippen LogP contribution < -0.4 is 16.8 Å². The maximum atomic E-state index is 13.8. The maximum Gasteiger partial charge on any atom is 0.350 e. The number of aliphatic imine (C=N–C) groups is 1. The van der Waals surface area contributed by atoms with Crippen molar-refractivity contribution in [2.45, 2.75) is 68.8 Å². The number of benzene rings is 1. The van der Waals surface area contributed by atoms with Gasteiger partial charge >= 0.3 is 5.97 Å². The van der Waals surface area contributed by atoms with Gasteiger partial charge in [-0.05, 0) is 56.7 Å². The van der Waals surface area contributed by atoms with Crippen LogP contribution in [0.25, 0.3) is 0 Å². The number of rotatable bonds is 8. The van der Waals surface area contributed by atoms with Gasteiger partial charge in [-0.1, -0.05) is 35.9 Å². The van der Waals surface area contributed by atoms with E-state index in [1.807, 2.05) is 19.1 Å². The fourth-order valence-electron chi connectivity index (χ4n) is 5.68. The van der Waals surface area contributed by atoms with Gasteiger partial charge in [0.05, 0.1) is 6.04 Å². The molecule has 0 radical (unpaired) electrons. The van der Waals surface area contributed by atoms with Crippen LogP contribution in [0.15, 0.2) is 59.2 Å². The molecule has 39 heavy (non-hydrogen) atoms. The molecule has 204 valence electrons. The summed E-state index contributed by atoms with van der Waals surface area (Å²) >= 11 is 0. The highest BCUT2D eigenvalue weighted by Gasteiger charge is 2.85. The quantitative estimate of drug-likeness (QED) is 0.116. The molecule has 2 aliphatic carbocycles. The fourth-order valence-corrected chi connectivity index (χ4v) is 5.68. The summed E-state index contributed by atoms with van der Waals surface area (Å²) in [6.45, 7) is 1.90. The second kappa shape index (κ2) is 10.3. The molecule has 0 amide bonds. The van der Waals surface area contributed by atoms with Crippen molar-refractivity contribution >= 4 is 29.3 Å². The number of ketones is 2. The Morgan fingerprint density at radius 3 is 2.59 bits per heavy atom. The van der Waals surface area contributed by atoms with Crippen LogP contribution in [-0.4, -0.2) is 52.8 Å². The topological polar surface area (TPSA) is 162 Å². The fraction of sp³-hybridized carbons (Fsp3) is 0.414. The molecule has 5 rings (SSSR count). The molecule has 3 unspecified atom stereocenters. The van der Waals surface area contributed by atoms with Crippen LogP contribution in [0.2, 0.25) is 0 Å². The standard InChI is InChI=1S/C29H33N5O5/c1-17(15-22(34-27(31)32-2)18-12-14-33-23(30)16-18)11-13-28-24(35)20-9-5-6-10-21(20)25(36)29(28,39-28)26(37)38-19-7-3-4-8-19/h5-6,9-12,14,16,19,22H,3-4,7-8,13,15H2,1-2H3,(H2,30,33)(H3,31,32,34). The Morgan fingerprint density at radius 1 is 1.23 bits per heavy atom. The molecule has 1 aliphatic heterocycles. The number of carbonyl (C=O) groups is 3. The van der Waals surface area contributed by atoms with Crippen LogP contribution in [-0.2, 0) is 14.3 Å². The Kier molecular flexibility index (Phi) is 6.98. The number of hydrogen-bond donors (Lipinski definition) is 3. The number of nitrogens with zero attached hydrogens (tertiary/aromatic N) is 2. The number of esters is 1. The number of nitrogens with one attached hydrogen (secondary N) is 1. The van der Waals surface area contributed by atoms with E-state index in [9.17, 15) is 14.4 Å². The summed E-state index contributed by atoms with van der Waals surface area (Å²) in [5.41, 5.74) is 10.4. The predicted octanol–water partition coefficient (Wildman–Crippen LogP) is 3.04. The summed E-state index contributed by atoms with van der Waals surface area (Å²) in [6.07, 6.45) is 7.10. The van der Waals surface area contributed by atoms with Gasteiger partial charge in [-0.3, -0.25) is 14.6 Å². The van der Waals surface area contributed by atoms with Gasteiger partial charge in [-0.15, -0.1) is 0 Å². The number of hydrogen-bond acceptors (Lipinski definition) is 8. The van der Waals surface area contributed by atoms with Crippen molar-refractivity contribution in [2.24, 2.45) is 10.7 Å². The highest BCUT2D eigenvalue weighted by molar-refractivity contribution is 6.32. The monoisotopic (exact) mass is 531 g/mol. The summed E-state index contributed by atoms with van der Waals surface area (Å²) in [6, 6.07) is 9.82. The summed E-state index contributed by atoms with van der Waals surface area (Å²) in [7, 11) is 1.58. The average Bonchev–Trinajstić information content (AvgIpc) is 3.39. The molecule has 2 aromatic rings. The Labute approximate surface area is 226 Å². The minimum atomic E-state index is -1.96.